The van der Waals surface area contributed by atoms with Crippen LogP contribution in [0.5, 0.6) is 0 Å². The number of anilines is 1. The molecule has 0 saturated heterocycles. The number of alkyl halides is 3. The molecule has 0 heterocycles. The van der Waals surface area contributed by atoms with Crippen molar-refractivity contribution in [3.63, 3.8) is 0 Å². The van der Waals surface area contributed by atoms with E-state index in [2.05, 4.69) is 4.85 Å². The number of hydrogen-bond donors (Lipinski definition) is 1. The van der Waals surface area contributed by atoms with Crippen LogP contribution in [-0.4, -0.2) is 0 Å². The molecule has 1 aromatic carbocycles. The zero-order chi connectivity index (χ0) is 11.8. The first-order valence-corrected chi connectivity index (χ1v) is 3.13. The average Bonchev–Trinajstić information content (AvgIpc) is 2.11. The second kappa shape index (κ2) is 2.98. The summed E-state index contributed by atoms with van der Waals surface area (Å²) in [6.07, 6.45) is -4.81. The highest BCUT2D eigenvalue weighted by atomic mass is 19.4. The molecule has 2 N–H and O–H groups in total. The summed E-state index contributed by atoms with van der Waals surface area (Å²) in [7, 11) is 0. The van der Waals surface area contributed by atoms with E-state index in [1.165, 1.54) is 0 Å². The summed E-state index contributed by atoms with van der Waals surface area (Å²) >= 11 is 0. The van der Waals surface area contributed by atoms with Crippen LogP contribution in [0.1, 0.15) is 8.30 Å². The minimum Gasteiger partial charge on any atom is -0.399 e. The molecular formula is C8H5F3N2. The number of nitrogens with two attached hydrogens (primary N) is 1. The van der Waals surface area contributed by atoms with Crippen molar-refractivity contribution in [1.29, 1.82) is 0 Å². The Morgan fingerprint density at radius 3 is 2.62 bits per heavy atom. The lowest BCUT2D eigenvalue weighted by atomic mass is 10.1. The van der Waals surface area contributed by atoms with Crippen molar-refractivity contribution in [2.45, 2.75) is 6.18 Å². The van der Waals surface area contributed by atoms with Gasteiger partial charge in [0.25, 0.3) is 0 Å². The van der Waals surface area contributed by atoms with Crippen LogP contribution in [0, 0.1) is 6.57 Å². The third-order valence-corrected chi connectivity index (χ3v) is 1.28. The predicted molar refractivity (Wildman–Crippen MR) is 42.1 cm³/mol. The van der Waals surface area contributed by atoms with Gasteiger partial charge < -0.3 is 5.73 Å². The molecule has 0 unspecified atom stereocenters. The Morgan fingerprint density at radius 1 is 1.54 bits per heavy atom. The third-order valence-electron chi connectivity index (χ3n) is 1.28. The summed E-state index contributed by atoms with van der Waals surface area (Å²) in [5.74, 6) is 0. The van der Waals surface area contributed by atoms with E-state index in [1.807, 2.05) is 0 Å². The molecular weight excluding hydrogens is 181 g/mol. The topological polar surface area (TPSA) is 30.4 Å². The Hall–Kier alpha value is -1.70. The maximum Gasteiger partial charge on any atom is 0.407 e. The molecule has 2 nitrogen and oxygen atoms in total. The van der Waals surface area contributed by atoms with Gasteiger partial charge in [-0.15, -0.1) is 0 Å². The van der Waals surface area contributed by atoms with E-state index in [9.17, 15) is 13.2 Å². The van der Waals surface area contributed by atoms with E-state index in [1.54, 1.807) is 0 Å². The molecule has 0 radical (unpaired) electrons. The van der Waals surface area contributed by atoms with Gasteiger partial charge in [-0.05, 0) is 12.1 Å². The van der Waals surface area contributed by atoms with E-state index in [-0.39, 0.29) is 0 Å². The van der Waals surface area contributed by atoms with E-state index >= 15 is 0 Å². The standard InChI is InChI=1S/C8H5F3N2/c1-13-7-3-2-5(12)4-6(7)8(9,10)11/h2-4H,12H2/i2D,4D. The Kier molecular flexibility index (Phi) is 1.55. The van der Waals surface area contributed by atoms with Crippen LogP contribution in [0.15, 0.2) is 18.2 Å². The minimum absolute atomic E-state index is 0.445. The minimum atomic E-state index is -4.81. The largest absolute Gasteiger partial charge is 0.407 e. The predicted octanol–water partition coefficient (Wildman–Crippen LogP) is 2.84. The SMILES string of the molecule is [2H]c1cc([N+]#[C-])c(C(F)(F)F)c([2H])c1N. The quantitative estimate of drug-likeness (QED) is 0.492. The summed E-state index contributed by atoms with van der Waals surface area (Å²) in [6.45, 7) is 6.55. The molecule has 13 heavy (non-hydrogen) atoms. The van der Waals surface area contributed by atoms with Gasteiger partial charge in [0.1, 0.15) is 0 Å². The molecule has 5 heteroatoms. The normalized spacial score (nSPS) is 13.1. The fraction of sp³-hybridized carbons (Fsp3) is 0.125. The molecule has 0 atom stereocenters. The lowest BCUT2D eigenvalue weighted by molar-refractivity contribution is -0.136. The maximum atomic E-state index is 12.4. The summed E-state index contributed by atoms with van der Waals surface area (Å²) in [4.78, 5) is 2.63. The number of nitrogen functional groups attached to an aromatic ring is 1. The molecule has 1 aromatic rings. The monoisotopic (exact) mass is 188 g/mol. The van der Waals surface area contributed by atoms with E-state index < -0.39 is 35.2 Å². The Bertz CT molecular complexity index is 449. The molecule has 68 valence electrons. The van der Waals surface area contributed by atoms with Crippen molar-refractivity contribution in [3.8, 4) is 0 Å². The lowest BCUT2D eigenvalue weighted by Gasteiger charge is -2.08. The van der Waals surface area contributed by atoms with Crippen LogP contribution < -0.4 is 5.73 Å². The zero-order valence-corrected chi connectivity index (χ0v) is 6.24. The molecule has 0 aromatic heterocycles. The van der Waals surface area contributed by atoms with Crippen LogP contribution in [0.25, 0.3) is 4.85 Å². The van der Waals surface area contributed by atoms with E-state index in [4.69, 9.17) is 15.0 Å². The first kappa shape index (κ1) is 6.78. The zero-order valence-electron chi connectivity index (χ0n) is 8.24. The van der Waals surface area contributed by atoms with Gasteiger partial charge in [-0.25, -0.2) is 4.85 Å². The number of hydrogen-bond acceptors (Lipinski definition) is 1. The summed E-state index contributed by atoms with van der Waals surface area (Å²) < 4.78 is 51.6. The molecule has 0 aliphatic carbocycles. The van der Waals surface area contributed by atoms with Gasteiger partial charge in [0.15, 0.2) is 5.69 Å². The Balaban J connectivity index is 3.65. The fourth-order valence-electron chi connectivity index (χ4n) is 0.757. The highest BCUT2D eigenvalue weighted by Crippen LogP contribution is 2.37. The van der Waals surface area contributed by atoms with Crippen molar-refractivity contribution in [1.82, 2.24) is 0 Å². The van der Waals surface area contributed by atoms with Crippen molar-refractivity contribution in [3.05, 3.63) is 35.1 Å². The van der Waals surface area contributed by atoms with Crippen LogP contribution >= 0.6 is 0 Å². The summed E-state index contributed by atoms with van der Waals surface area (Å²) in [5, 5.41) is 0. The van der Waals surface area contributed by atoms with Gasteiger partial charge in [0, 0.05) is 5.69 Å². The molecule has 0 saturated carbocycles. The van der Waals surface area contributed by atoms with Crippen LogP contribution in [0.2, 0.25) is 0 Å². The number of benzene rings is 1. The molecule has 0 fully saturated rings. The van der Waals surface area contributed by atoms with Crippen molar-refractivity contribution < 1.29 is 15.9 Å². The molecule has 0 aliphatic heterocycles. The molecule has 1 rings (SSSR count). The van der Waals surface area contributed by atoms with Crippen molar-refractivity contribution in [2.24, 2.45) is 0 Å². The van der Waals surface area contributed by atoms with Gasteiger partial charge in [-0.3, -0.25) is 0 Å². The maximum absolute atomic E-state index is 12.4. The first-order valence-electron chi connectivity index (χ1n) is 4.13. The smallest absolute Gasteiger partial charge is 0.399 e. The van der Waals surface area contributed by atoms with E-state index in [0.29, 0.717) is 6.07 Å². The second-order valence-corrected chi connectivity index (χ2v) is 2.20. The number of nitrogens with zero attached hydrogens (tertiary/aromatic N) is 1. The number of rotatable bonds is 0. The third kappa shape index (κ3) is 1.90. The van der Waals surface area contributed by atoms with Gasteiger partial charge in [0.05, 0.1) is 14.9 Å². The summed E-state index contributed by atoms with van der Waals surface area (Å²) in [5.41, 5.74) is 2.40. The van der Waals surface area contributed by atoms with Gasteiger partial charge in [-0.1, -0.05) is 6.07 Å². The van der Waals surface area contributed by atoms with Crippen molar-refractivity contribution >= 4 is 11.4 Å². The Labute approximate surface area is 75.4 Å². The highest BCUT2D eigenvalue weighted by Gasteiger charge is 2.33. The fourth-order valence-corrected chi connectivity index (χ4v) is 0.757. The lowest BCUT2D eigenvalue weighted by Crippen LogP contribution is -2.05. The van der Waals surface area contributed by atoms with Crippen LogP contribution in [0.4, 0.5) is 24.5 Å². The summed E-state index contributed by atoms with van der Waals surface area (Å²) in [6, 6.07) is -0.747. The van der Waals surface area contributed by atoms with Gasteiger partial charge >= 0.3 is 6.18 Å². The molecule has 0 bridgehead atoms. The Morgan fingerprint density at radius 2 is 2.15 bits per heavy atom. The highest BCUT2D eigenvalue weighted by molar-refractivity contribution is 5.59. The van der Waals surface area contributed by atoms with Crippen LogP contribution in [0.3, 0.4) is 0 Å². The number of halogens is 3. The van der Waals surface area contributed by atoms with Crippen LogP contribution in [-0.2, 0) is 6.18 Å². The first-order chi connectivity index (χ1) is 6.79. The molecule has 0 amide bonds. The van der Waals surface area contributed by atoms with Crippen molar-refractivity contribution in [2.75, 3.05) is 5.73 Å². The second-order valence-electron chi connectivity index (χ2n) is 2.20. The molecule has 0 aliphatic rings. The average molecular weight is 188 g/mol. The van der Waals surface area contributed by atoms with E-state index in [0.717, 1.165) is 0 Å². The van der Waals surface area contributed by atoms with Gasteiger partial charge in [-0.2, -0.15) is 13.2 Å². The molecule has 0 spiro atoms. The van der Waals surface area contributed by atoms with Gasteiger partial charge in [0.2, 0.25) is 0 Å².